The van der Waals surface area contributed by atoms with Crippen LogP contribution in [0, 0.1) is 0 Å². The van der Waals surface area contributed by atoms with Crippen LogP contribution in [0.3, 0.4) is 0 Å². The van der Waals surface area contributed by atoms with Gasteiger partial charge < -0.3 is 4.84 Å². The van der Waals surface area contributed by atoms with Crippen molar-refractivity contribution in [1.29, 1.82) is 0 Å². The molecule has 3 heteroatoms. The first kappa shape index (κ1) is 6.93. The quantitative estimate of drug-likeness (QED) is 0.434. The van der Waals surface area contributed by atoms with Crippen molar-refractivity contribution in [3.05, 3.63) is 0 Å². The van der Waals surface area contributed by atoms with Gasteiger partial charge in [0.25, 0.3) is 0 Å². The average molecular weight is 145 g/mol. The molecule has 1 fully saturated rings. The molecule has 0 N–H and O–H groups in total. The molecule has 1 heterocycles. The summed E-state index contributed by atoms with van der Waals surface area (Å²) >= 11 is 1.93. The van der Waals surface area contributed by atoms with Gasteiger partial charge in [-0.2, -0.15) is 11.8 Å². The molecule has 0 aromatic heterocycles. The van der Waals surface area contributed by atoms with Crippen LogP contribution in [0.15, 0.2) is 5.16 Å². The molecule has 1 unspecified atom stereocenters. The maximum Gasteiger partial charge on any atom is 0.137 e. The monoisotopic (exact) mass is 145 g/mol. The Morgan fingerprint density at radius 3 is 3.22 bits per heavy atom. The maximum atomic E-state index is 5.10. The third-order valence-corrected chi connectivity index (χ3v) is 2.34. The normalized spacial score (nSPS) is 27.4. The molecule has 0 aliphatic carbocycles. The van der Waals surface area contributed by atoms with Gasteiger partial charge in [-0.05, 0) is 19.1 Å². The van der Waals surface area contributed by atoms with Crippen LogP contribution < -0.4 is 0 Å². The molecule has 0 aromatic carbocycles. The van der Waals surface area contributed by atoms with Crippen molar-refractivity contribution in [2.24, 2.45) is 5.16 Å². The second kappa shape index (κ2) is 3.77. The lowest BCUT2D eigenvalue weighted by Crippen LogP contribution is -2.06. The Morgan fingerprint density at radius 1 is 1.78 bits per heavy atom. The number of hydrogen-bond donors (Lipinski definition) is 0. The summed E-state index contributed by atoms with van der Waals surface area (Å²) in [4.78, 5) is 5.10. The molecule has 52 valence electrons. The average Bonchev–Trinajstić information content (AvgIpc) is 2.34. The van der Waals surface area contributed by atoms with Gasteiger partial charge in [0.2, 0.25) is 0 Å². The highest BCUT2D eigenvalue weighted by molar-refractivity contribution is 7.99. The number of thioether (sulfide) groups is 1. The van der Waals surface area contributed by atoms with E-state index in [2.05, 4.69) is 5.16 Å². The van der Waals surface area contributed by atoms with E-state index < -0.39 is 0 Å². The lowest BCUT2D eigenvalue weighted by molar-refractivity contribution is 0.0791. The highest BCUT2D eigenvalue weighted by Crippen LogP contribution is 2.19. The summed E-state index contributed by atoms with van der Waals surface area (Å²) in [5, 5.41) is 3.72. The van der Waals surface area contributed by atoms with Gasteiger partial charge in [0.1, 0.15) is 6.10 Å². The molecule has 9 heavy (non-hydrogen) atoms. The molecule has 0 aromatic rings. The van der Waals surface area contributed by atoms with Gasteiger partial charge in [-0.25, -0.2) is 0 Å². The number of rotatable bonds is 2. The fourth-order valence-corrected chi connectivity index (χ4v) is 1.83. The topological polar surface area (TPSA) is 21.6 Å². The molecule has 1 aliphatic rings. The Kier molecular flexibility index (Phi) is 2.91. The third-order valence-electron chi connectivity index (χ3n) is 1.20. The van der Waals surface area contributed by atoms with Crippen molar-refractivity contribution in [2.75, 3.05) is 11.5 Å². The van der Waals surface area contributed by atoms with Crippen LogP contribution in [0.1, 0.15) is 13.3 Å². The van der Waals surface area contributed by atoms with Crippen molar-refractivity contribution in [2.45, 2.75) is 19.4 Å². The molecule has 0 bridgehead atoms. The second-order valence-corrected chi connectivity index (χ2v) is 3.10. The summed E-state index contributed by atoms with van der Waals surface area (Å²) in [7, 11) is 0. The lowest BCUT2D eigenvalue weighted by Gasteiger charge is -2.03. The number of oxime groups is 1. The lowest BCUT2D eigenvalue weighted by atomic mass is 10.3. The second-order valence-electron chi connectivity index (χ2n) is 1.95. The summed E-state index contributed by atoms with van der Waals surface area (Å²) < 4.78 is 0. The molecule has 2 nitrogen and oxygen atoms in total. The van der Waals surface area contributed by atoms with E-state index >= 15 is 0 Å². The van der Waals surface area contributed by atoms with E-state index in [-0.39, 0.29) is 0 Å². The van der Waals surface area contributed by atoms with Crippen molar-refractivity contribution >= 4 is 18.0 Å². The van der Waals surface area contributed by atoms with Crippen molar-refractivity contribution in [3.8, 4) is 0 Å². The minimum Gasteiger partial charge on any atom is -0.392 e. The fraction of sp³-hybridized carbons (Fsp3) is 0.833. The summed E-state index contributed by atoms with van der Waals surface area (Å²) in [5.41, 5.74) is 0. The molecule has 1 aliphatic heterocycles. The van der Waals surface area contributed by atoms with Gasteiger partial charge >= 0.3 is 0 Å². The van der Waals surface area contributed by atoms with E-state index in [9.17, 15) is 0 Å². The Hall–Kier alpha value is -0.180. The molecule has 0 amide bonds. The van der Waals surface area contributed by atoms with E-state index in [1.807, 2.05) is 18.7 Å². The minimum absolute atomic E-state index is 0.381. The van der Waals surface area contributed by atoms with E-state index in [1.54, 1.807) is 6.21 Å². The van der Waals surface area contributed by atoms with Crippen LogP contribution in [0.2, 0.25) is 0 Å². The summed E-state index contributed by atoms with van der Waals surface area (Å²) in [5.74, 6) is 2.33. The SMILES string of the molecule is CC=NOC1CCSC1. The predicted molar refractivity (Wildman–Crippen MR) is 41.0 cm³/mol. The van der Waals surface area contributed by atoms with Crippen molar-refractivity contribution < 1.29 is 4.84 Å². The highest BCUT2D eigenvalue weighted by Gasteiger charge is 2.15. The fourth-order valence-electron chi connectivity index (χ4n) is 0.743. The van der Waals surface area contributed by atoms with E-state index in [0.717, 1.165) is 12.2 Å². The van der Waals surface area contributed by atoms with Gasteiger partial charge in [-0.1, -0.05) is 5.16 Å². The first-order valence-electron chi connectivity index (χ1n) is 3.15. The van der Waals surface area contributed by atoms with E-state index in [0.29, 0.717) is 6.10 Å². The smallest absolute Gasteiger partial charge is 0.137 e. The molecule has 1 saturated heterocycles. The number of nitrogens with zero attached hydrogens (tertiary/aromatic N) is 1. The van der Waals surface area contributed by atoms with E-state index in [1.165, 1.54) is 5.75 Å². The van der Waals surface area contributed by atoms with Crippen LogP contribution in [-0.4, -0.2) is 23.8 Å². The summed E-state index contributed by atoms with van der Waals surface area (Å²) in [6, 6.07) is 0. The molecular formula is C6H11NOS. The molecule has 0 saturated carbocycles. The predicted octanol–water partition coefficient (Wildman–Crippen LogP) is 1.51. The van der Waals surface area contributed by atoms with Gasteiger partial charge in [0.05, 0.1) is 0 Å². The first-order valence-corrected chi connectivity index (χ1v) is 4.30. The zero-order valence-electron chi connectivity index (χ0n) is 5.54. The summed E-state index contributed by atoms with van der Waals surface area (Å²) in [6.45, 7) is 1.86. The number of hydrogen-bond acceptors (Lipinski definition) is 3. The third kappa shape index (κ3) is 2.26. The Balaban J connectivity index is 2.11. The largest absolute Gasteiger partial charge is 0.392 e. The zero-order valence-corrected chi connectivity index (χ0v) is 6.36. The minimum atomic E-state index is 0.381. The van der Waals surface area contributed by atoms with Crippen LogP contribution in [0.4, 0.5) is 0 Å². The van der Waals surface area contributed by atoms with Crippen LogP contribution >= 0.6 is 11.8 Å². The highest BCUT2D eigenvalue weighted by atomic mass is 32.2. The van der Waals surface area contributed by atoms with Gasteiger partial charge in [0.15, 0.2) is 0 Å². The van der Waals surface area contributed by atoms with E-state index in [4.69, 9.17) is 4.84 Å². The molecular weight excluding hydrogens is 134 g/mol. The molecule has 1 rings (SSSR count). The summed E-state index contributed by atoms with van der Waals surface area (Å²) in [6.07, 6.45) is 3.22. The first-order chi connectivity index (χ1) is 4.43. The Morgan fingerprint density at radius 2 is 2.67 bits per heavy atom. The Bertz CT molecular complexity index is 99.2. The molecule has 1 atom stereocenters. The van der Waals surface area contributed by atoms with Gasteiger partial charge in [-0.3, -0.25) is 0 Å². The van der Waals surface area contributed by atoms with Crippen molar-refractivity contribution in [1.82, 2.24) is 0 Å². The van der Waals surface area contributed by atoms with Crippen LogP contribution in [-0.2, 0) is 4.84 Å². The van der Waals surface area contributed by atoms with Crippen LogP contribution in [0.25, 0.3) is 0 Å². The standard InChI is InChI=1S/C6H11NOS/c1-2-7-8-6-3-4-9-5-6/h2,6H,3-5H2,1H3. The van der Waals surface area contributed by atoms with Crippen molar-refractivity contribution in [3.63, 3.8) is 0 Å². The zero-order chi connectivity index (χ0) is 6.53. The molecule has 0 spiro atoms. The Labute approximate surface area is 59.6 Å². The van der Waals surface area contributed by atoms with Gasteiger partial charge in [-0.15, -0.1) is 0 Å². The van der Waals surface area contributed by atoms with Crippen LogP contribution in [0.5, 0.6) is 0 Å². The maximum absolute atomic E-state index is 5.10. The molecule has 0 radical (unpaired) electrons. The van der Waals surface area contributed by atoms with Gasteiger partial charge in [0, 0.05) is 12.0 Å².